The van der Waals surface area contributed by atoms with E-state index in [1.165, 1.54) is 0 Å². The number of carbonyl (C=O) groups excluding carboxylic acids is 2. The summed E-state index contributed by atoms with van der Waals surface area (Å²) in [6.45, 7) is 5.47. The SMILES string of the molecule is Cc1ccc(OC(=O)C(C)C(=O)c2ccc(C)cc2)cc1. The number of esters is 1. The van der Waals surface area contributed by atoms with Crippen LogP contribution in [0, 0.1) is 19.8 Å². The van der Waals surface area contributed by atoms with Gasteiger partial charge < -0.3 is 4.74 Å². The van der Waals surface area contributed by atoms with Crippen LogP contribution in [0.1, 0.15) is 28.4 Å². The molecule has 0 spiro atoms. The molecule has 0 aliphatic rings. The van der Waals surface area contributed by atoms with Gasteiger partial charge in [0.1, 0.15) is 11.7 Å². The van der Waals surface area contributed by atoms with E-state index < -0.39 is 11.9 Å². The quantitative estimate of drug-likeness (QED) is 0.371. The largest absolute Gasteiger partial charge is 0.426 e. The van der Waals surface area contributed by atoms with Crippen molar-refractivity contribution in [2.24, 2.45) is 5.92 Å². The van der Waals surface area contributed by atoms with Crippen LogP contribution in [-0.4, -0.2) is 11.8 Å². The molecular weight excluding hydrogens is 264 g/mol. The normalized spacial score (nSPS) is 11.8. The average molecular weight is 282 g/mol. The number of aryl methyl sites for hydroxylation is 2. The van der Waals surface area contributed by atoms with Gasteiger partial charge in [-0.15, -0.1) is 0 Å². The Morgan fingerprint density at radius 2 is 1.33 bits per heavy atom. The number of hydrogen-bond acceptors (Lipinski definition) is 3. The van der Waals surface area contributed by atoms with Crippen molar-refractivity contribution in [1.29, 1.82) is 0 Å². The van der Waals surface area contributed by atoms with E-state index in [1.807, 2.05) is 38.1 Å². The molecule has 0 aliphatic heterocycles. The molecule has 3 nitrogen and oxygen atoms in total. The number of ether oxygens (including phenoxy) is 1. The lowest BCUT2D eigenvalue weighted by Crippen LogP contribution is -2.25. The zero-order valence-electron chi connectivity index (χ0n) is 12.4. The molecule has 2 aromatic rings. The first-order valence-corrected chi connectivity index (χ1v) is 6.86. The summed E-state index contributed by atoms with van der Waals surface area (Å²) < 4.78 is 5.24. The van der Waals surface area contributed by atoms with Gasteiger partial charge in [-0.3, -0.25) is 9.59 Å². The monoisotopic (exact) mass is 282 g/mol. The first-order chi connectivity index (χ1) is 9.97. The van der Waals surface area contributed by atoms with Crippen molar-refractivity contribution in [1.82, 2.24) is 0 Å². The summed E-state index contributed by atoms with van der Waals surface area (Å²) >= 11 is 0. The molecule has 2 rings (SSSR count). The van der Waals surface area contributed by atoms with Crippen molar-refractivity contribution >= 4 is 11.8 Å². The van der Waals surface area contributed by atoms with E-state index in [9.17, 15) is 9.59 Å². The fraction of sp³-hybridized carbons (Fsp3) is 0.222. The second-order valence-corrected chi connectivity index (χ2v) is 5.19. The summed E-state index contributed by atoms with van der Waals surface area (Å²) in [4.78, 5) is 24.3. The molecule has 0 bridgehead atoms. The summed E-state index contributed by atoms with van der Waals surface area (Å²) in [5, 5.41) is 0. The molecule has 2 aromatic carbocycles. The Labute approximate surface area is 124 Å². The summed E-state index contributed by atoms with van der Waals surface area (Å²) in [6, 6.07) is 14.3. The maximum atomic E-state index is 12.2. The standard InChI is InChI=1S/C18H18O3/c1-12-4-8-15(9-5-12)17(19)14(3)18(20)21-16-10-6-13(2)7-11-16/h4-11,14H,1-3H3. The Bertz CT molecular complexity index is 639. The Morgan fingerprint density at radius 1 is 0.857 bits per heavy atom. The minimum atomic E-state index is -0.825. The van der Waals surface area contributed by atoms with E-state index in [4.69, 9.17) is 4.74 Å². The lowest BCUT2D eigenvalue weighted by molar-refractivity contribution is -0.136. The molecule has 0 saturated heterocycles. The van der Waals surface area contributed by atoms with Gasteiger partial charge in [-0.2, -0.15) is 0 Å². The smallest absolute Gasteiger partial charge is 0.321 e. The minimum absolute atomic E-state index is 0.230. The predicted molar refractivity (Wildman–Crippen MR) is 81.5 cm³/mol. The molecule has 3 heteroatoms. The summed E-state index contributed by atoms with van der Waals surface area (Å²) in [6.07, 6.45) is 0. The predicted octanol–water partition coefficient (Wildman–Crippen LogP) is 3.73. The molecule has 0 radical (unpaired) electrons. The lowest BCUT2D eigenvalue weighted by atomic mass is 9.99. The van der Waals surface area contributed by atoms with Crippen molar-refractivity contribution in [2.75, 3.05) is 0 Å². The van der Waals surface area contributed by atoms with E-state index >= 15 is 0 Å². The van der Waals surface area contributed by atoms with Crippen LogP contribution >= 0.6 is 0 Å². The maximum Gasteiger partial charge on any atom is 0.321 e. The van der Waals surface area contributed by atoms with Crippen LogP contribution in [0.4, 0.5) is 0 Å². The zero-order chi connectivity index (χ0) is 15.4. The molecule has 0 amide bonds. The van der Waals surface area contributed by atoms with Gasteiger partial charge in [0.25, 0.3) is 0 Å². The molecule has 0 heterocycles. The third-order valence-electron chi connectivity index (χ3n) is 3.32. The molecule has 108 valence electrons. The molecule has 0 aliphatic carbocycles. The number of rotatable bonds is 4. The van der Waals surface area contributed by atoms with Gasteiger partial charge in [-0.1, -0.05) is 47.5 Å². The highest BCUT2D eigenvalue weighted by Crippen LogP contribution is 2.16. The second-order valence-electron chi connectivity index (χ2n) is 5.19. The highest BCUT2D eigenvalue weighted by atomic mass is 16.5. The van der Waals surface area contributed by atoms with Crippen LogP contribution in [0.5, 0.6) is 5.75 Å². The van der Waals surface area contributed by atoms with E-state index in [0.29, 0.717) is 11.3 Å². The number of hydrogen-bond donors (Lipinski definition) is 0. The Kier molecular flexibility index (Phi) is 4.53. The van der Waals surface area contributed by atoms with Crippen LogP contribution < -0.4 is 4.74 Å². The molecular formula is C18H18O3. The fourth-order valence-electron chi connectivity index (χ4n) is 1.89. The minimum Gasteiger partial charge on any atom is -0.426 e. The van der Waals surface area contributed by atoms with Gasteiger partial charge in [0.05, 0.1) is 0 Å². The summed E-state index contributed by atoms with van der Waals surface area (Å²) in [5.74, 6) is -1.14. The maximum absolute atomic E-state index is 12.2. The molecule has 0 aromatic heterocycles. The van der Waals surface area contributed by atoms with E-state index in [0.717, 1.165) is 11.1 Å². The highest BCUT2D eigenvalue weighted by Gasteiger charge is 2.24. The number of benzene rings is 2. The summed E-state index contributed by atoms with van der Waals surface area (Å²) in [5.41, 5.74) is 2.67. The van der Waals surface area contributed by atoms with Crippen molar-refractivity contribution < 1.29 is 14.3 Å². The van der Waals surface area contributed by atoms with Crippen molar-refractivity contribution in [3.63, 3.8) is 0 Å². The number of Topliss-reactive ketones (excluding diaryl/α,β-unsaturated/α-hetero) is 1. The van der Waals surface area contributed by atoms with Crippen molar-refractivity contribution in [3.05, 3.63) is 65.2 Å². The highest BCUT2D eigenvalue weighted by molar-refractivity contribution is 6.08. The molecule has 0 saturated carbocycles. The Balaban J connectivity index is 2.06. The van der Waals surface area contributed by atoms with Gasteiger partial charge in [0.15, 0.2) is 5.78 Å². The van der Waals surface area contributed by atoms with Gasteiger partial charge in [0, 0.05) is 5.56 Å². The van der Waals surface area contributed by atoms with Gasteiger partial charge in [-0.05, 0) is 32.9 Å². The van der Waals surface area contributed by atoms with E-state index in [-0.39, 0.29) is 5.78 Å². The molecule has 21 heavy (non-hydrogen) atoms. The van der Waals surface area contributed by atoms with Crippen LogP contribution in [-0.2, 0) is 4.79 Å². The Hall–Kier alpha value is -2.42. The van der Waals surface area contributed by atoms with Crippen molar-refractivity contribution in [2.45, 2.75) is 20.8 Å². The molecule has 0 fully saturated rings. The first kappa shape index (κ1) is 15.0. The van der Waals surface area contributed by atoms with Crippen LogP contribution in [0.3, 0.4) is 0 Å². The third kappa shape index (κ3) is 3.78. The van der Waals surface area contributed by atoms with Crippen LogP contribution in [0.15, 0.2) is 48.5 Å². The van der Waals surface area contributed by atoms with Crippen LogP contribution in [0.2, 0.25) is 0 Å². The zero-order valence-corrected chi connectivity index (χ0v) is 12.4. The fourth-order valence-corrected chi connectivity index (χ4v) is 1.89. The molecule has 1 unspecified atom stereocenters. The summed E-state index contributed by atoms with van der Waals surface area (Å²) in [7, 11) is 0. The van der Waals surface area contributed by atoms with Gasteiger partial charge in [-0.25, -0.2) is 0 Å². The van der Waals surface area contributed by atoms with E-state index in [1.54, 1.807) is 31.2 Å². The van der Waals surface area contributed by atoms with Gasteiger partial charge in [0.2, 0.25) is 0 Å². The Morgan fingerprint density at radius 3 is 1.86 bits per heavy atom. The third-order valence-corrected chi connectivity index (χ3v) is 3.32. The first-order valence-electron chi connectivity index (χ1n) is 6.86. The van der Waals surface area contributed by atoms with E-state index in [2.05, 4.69) is 0 Å². The topological polar surface area (TPSA) is 43.4 Å². The lowest BCUT2D eigenvalue weighted by Gasteiger charge is -2.11. The average Bonchev–Trinajstić information content (AvgIpc) is 2.49. The number of ketones is 1. The number of carbonyl (C=O) groups is 2. The molecule has 0 N–H and O–H groups in total. The second kappa shape index (κ2) is 6.35. The van der Waals surface area contributed by atoms with Crippen molar-refractivity contribution in [3.8, 4) is 5.75 Å². The van der Waals surface area contributed by atoms with Gasteiger partial charge >= 0.3 is 5.97 Å². The van der Waals surface area contributed by atoms with Crippen LogP contribution in [0.25, 0.3) is 0 Å². The molecule has 1 atom stereocenters.